The molecule has 0 saturated carbocycles. The van der Waals surface area contributed by atoms with Crippen LogP contribution in [-0.4, -0.2) is 42.0 Å². The van der Waals surface area contributed by atoms with Gasteiger partial charge in [-0.05, 0) is 31.2 Å². The number of carbonyl (C=O) groups excluding carboxylic acids is 1. The van der Waals surface area contributed by atoms with Crippen molar-refractivity contribution < 1.29 is 4.79 Å². The topological polar surface area (TPSA) is 62.5 Å². The van der Waals surface area contributed by atoms with Gasteiger partial charge in [-0.25, -0.2) is 4.98 Å². The lowest BCUT2D eigenvalue weighted by Gasteiger charge is -2.35. The predicted octanol–water partition coefficient (Wildman–Crippen LogP) is 2.00. The Morgan fingerprint density at radius 1 is 1.19 bits per heavy atom. The molecule has 6 heteroatoms. The highest BCUT2D eigenvalue weighted by molar-refractivity contribution is 7.13. The van der Waals surface area contributed by atoms with Gasteiger partial charge < -0.3 is 15.5 Å². The highest BCUT2D eigenvalue weighted by atomic mass is 32.1. The zero-order valence-corrected chi connectivity index (χ0v) is 12.8. The van der Waals surface area contributed by atoms with Gasteiger partial charge in [-0.3, -0.25) is 4.79 Å². The average Bonchev–Trinajstić information content (AvgIpc) is 2.94. The molecular formula is C15H18N4OS. The van der Waals surface area contributed by atoms with E-state index in [1.807, 2.05) is 36.1 Å². The molecule has 1 saturated heterocycles. The Morgan fingerprint density at radius 3 is 2.52 bits per heavy atom. The van der Waals surface area contributed by atoms with Gasteiger partial charge in [-0.2, -0.15) is 0 Å². The van der Waals surface area contributed by atoms with Crippen LogP contribution < -0.4 is 10.6 Å². The number of anilines is 2. The van der Waals surface area contributed by atoms with Crippen molar-refractivity contribution in [1.82, 2.24) is 9.88 Å². The minimum atomic E-state index is 0.137. The van der Waals surface area contributed by atoms with Crippen molar-refractivity contribution in [3.63, 3.8) is 0 Å². The number of pyridine rings is 1. The molecule has 0 aromatic carbocycles. The first kappa shape index (κ1) is 13.9. The van der Waals surface area contributed by atoms with Gasteiger partial charge in [0.15, 0.2) is 0 Å². The normalized spacial score (nSPS) is 15.3. The summed E-state index contributed by atoms with van der Waals surface area (Å²) in [7, 11) is 0. The maximum absolute atomic E-state index is 12.4. The van der Waals surface area contributed by atoms with E-state index in [1.54, 1.807) is 17.5 Å². The summed E-state index contributed by atoms with van der Waals surface area (Å²) < 4.78 is 0. The number of amides is 1. The van der Waals surface area contributed by atoms with Crippen LogP contribution in [-0.2, 0) is 0 Å². The maximum atomic E-state index is 12.4. The van der Waals surface area contributed by atoms with Crippen molar-refractivity contribution in [3.8, 4) is 0 Å². The smallest absolute Gasteiger partial charge is 0.264 e. The van der Waals surface area contributed by atoms with Crippen molar-refractivity contribution in [2.45, 2.75) is 6.92 Å². The van der Waals surface area contributed by atoms with E-state index in [-0.39, 0.29) is 5.91 Å². The Kier molecular flexibility index (Phi) is 3.79. The van der Waals surface area contributed by atoms with Crippen LogP contribution in [0.4, 0.5) is 11.5 Å². The van der Waals surface area contributed by atoms with E-state index in [4.69, 9.17) is 5.73 Å². The summed E-state index contributed by atoms with van der Waals surface area (Å²) in [6, 6.07) is 7.69. The van der Waals surface area contributed by atoms with E-state index in [0.717, 1.165) is 36.9 Å². The number of aromatic nitrogens is 1. The molecule has 1 aliphatic heterocycles. The molecule has 2 aromatic rings. The molecule has 1 aliphatic rings. The number of carbonyl (C=O) groups is 1. The number of rotatable bonds is 2. The molecule has 0 unspecified atom stereocenters. The number of piperazine rings is 1. The summed E-state index contributed by atoms with van der Waals surface area (Å²) >= 11 is 1.56. The Morgan fingerprint density at radius 2 is 1.95 bits per heavy atom. The summed E-state index contributed by atoms with van der Waals surface area (Å²) in [5.41, 5.74) is 6.32. The number of hydrogen-bond donors (Lipinski definition) is 1. The Balaban J connectivity index is 1.62. The Bertz CT molecular complexity index is 629. The standard InChI is InChI=1S/C15H18N4OS/c1-11-2-4-13(21-11)15(20)19-8-6-18(7-9-19)14-5-3-12(16)10-17-14/h2-5,10H,6-9,16H2,1H3. The monoisotopic (exact) mass is 302 g/mol. The van der Waals surface area contributed by atoms with Gasteiger partial charge in [0.2, 0.25) is 0 Å². The SMILES string of the molecule is Cc1ccc(C(=O)N2CCN(c3ccc(N)cn3)CC2)s1. The van der Waals surface area contributed by atoms with Gasteiger partial charge in [-0.15, -0.1) is 11.3 Å². The van der Waals surface area contributed by atoms with Crippen LogP contribution >= 0.6 is 11.3 Å². The van der Waals surface area contributed by atoms with Crippen molar-refractivity contribution in [2.75, 3.05) is 36.8 Å². The molecule has 110 valence electrons. The number of hydrogen-bond acceptors (Lipinski definition) is 5. The molecule has 3 rings (SSSR count). The molecule has 21 heavy (non-hydrogen) atoms. The number of nitrogens with two attached hydrogens (primary N) is 1. The summed E-state index contributed by atoms with van der Waals surface area (Å²) in [6.45, 7) is 5.07. The fraction of sp³-hybridized carbons (Fsp3) is 0.333. The van der Waals surface area contributed by atoms with Gasteiger partial charge in [0.1, 0.15) is 5.82 Å². The molecule has 0 aliphatic carbocycles. The second-order valence-corrected chi connectivity index (χ2v) is 6.43. The van der Waals surface area contributed by atoms with E-state index in [1.165, 1.54) is 4.88 Å². The number of aryl methyl sites for hydroxylation is 1. The van der Waals surface area contributed by atoms with Crippen LogP contribution in [0.15, 0.2) is 30.5 Å². The van der Waals surface area contributed by atoms with Gasteiger partial charge >= 0.3 is 0 Å². The fourth-order valence-corrected chi connectivity index (χ4v) is 3.26. The summed E-state index contributed by atoms with van der Waals surface area (Å²) in [5.74, 6) is 1.06. The second kappa shape index (κ2) is 5.73. The molecule has 1 amide bonds. The van der Waals surface area contributed by atoms with Crippen molar-refractivity contribution in [2.24, 2.45) is 0 Å². The Hall–Kier alpha value is -2.08. The number of nitrogen functional groups attached to an aromatic ring is 1. The van der Waals surface area contributed by atoms with Gasteiger partial charge in [0.25, 0.3) is 5.91 Å². The molecule has 1 fully saturated rings. The van der Waals surface area contributed by atoms with Gasteiger partial charge in [0.05, 0.1) is 16.8 Å². The Labute approximate surface area is 128 Å². The number of nitrogens with zero attached hydrogens (tertiary/aromatic N) is 3. The summed E-state index contributed by atoms with van der Waals surface area (Å²) in [4.78, 5) is 22.8. The lowest BCUT2D eigenvalue weighted by Crippen LogP contribution is -2.48. The molecule has 2 aromatic heterocycles. The van der Waals surface area contributed by atoms with Crippen molar-refractivity contribution in [3.05, 3.63) is 40.2 Å². The zero-order chi connectivity index (χ0) is 14.8. The first-order chi connectivity index (χ1) is 10.1. The molecule has 0 radical (unpaired) electrons. The third-order valence-electron chi connectivity index (χ3n) is 3.61. The van der Waals surface area contributed by atoms with E-state index >= 15 is 0 Å². The average molecular weight is 302 g/mol. The van der Waals surface area contributed by atoms with E-state index in [9.17, 15) is 4.79 Å². The summed E-state index contributed by atoms with van der Waals surface area (Å²) in [6.07, 6.45) is 1.67. The quantitative estimate of drug-likeness (QED) is 0.921. The fourth-order valence-electron chi connectivity index (χ4n) is 2.43. The summed E-state index contributed by atoms with van der Waals surface area (Å²) in [5, 5.41) is 0. The zero-order valence-electron chi connectivity index (χ0n) is 12.0. The minimum Gasteiger partial charge on any atom is -0.397 e. The molecule has 5 nitrogen and oxygen atoms in total. The largest absolute Gasteiger partial charge is 0.397 e. The van der Waals surface area contributed by atoms with Gasteiger partial charge in [0, 0.05) is 31.1 Å². The van der Waals surface area contributed by atoms with Crippen molar-refractivity contribution >= 4 is 28.7 Å². The van der Waals surface area contributed by atoms with Crippen molar-refractivity contribution in [1.29, 1.82) is 0 Å². The molecule has 3 heterocycles. The lowest BCUT2D eigenvalue weighted by molar-refractivity contribution is 0.0751. The first-order valence-electron chi connectivity index (χ1n) is 6.96. The third kappa shape index (κ3) is 3.00. The molecule has 0 atom stereocenters. The highest BCUT2D eigenvalue weighted by Gasteiger charge is 2.23. The van der Waals surface area contributed by atoms with E-state index < -0.39 is 0 Å². The van der Waals surface area contributed by atoms with Crippen LogP contribution in [0.1, 0.15) is 14.5 Å². The van der Waals surface area contributed by atoms with Crippen LogP contribution in [0, 0.1) is 6.92 Å². The van der Waals surface area contributed by atoms with Crippen LogP contribution in [0.3, 0.4) is 0 Å². The minimum absolute atomic E-state index is 0.137. The highest BCUT2D eigenvalue weighted by Crippen LogP contribution is 2.20. The van der Waals surface area contributed by atoms with Crippen LogP contribution in [0.5, 0.6) is 0 Å². The third-order valence-corrected chi connectivity index (χ3v) is 4.60. The van der Waals surface area contributed by atoms with E-state index in [0.29, 0.717) is 5.69 Å². The molecule has 0 spiro atoms. The maximum Gasteiger partial charge on any atom is 0.264 e. The molecular weight excluding hydrogens is 284 g/mol. The second-order valence-electron chi connectivity index (χ2n) is 5.14. The van der Waals surface area contributed by atoms with E-state index in [2.05, 4.69) is 9.88 Å². The lowest BCUT2D eigenvalue weighted by atomic mass is 10.2. The number of thiophene rings is 1. The first-order valence-corrected chi connectivity index (χ1v) is 7.77. The predicted molar refractivity (Wildman–Crippen MR) is 85.8 cm³/mol. The molecule has 0 bridgehead atoms. The van der Waals surface area contributed by atoms with Crippen LogP contribution in [0.2, 0.25) is 0 Å². The molecule has 2 N–H and O–H groups in total. The van der Waals surface area contributed by atoms with Gasteiger partial charge in [-0.1, -0.05) is 0 Å². The van der Waals surface area contributed by atoms with Crippen LogP contribution in [0.25, 0.3) is 0 Å².